The zero-order valence-corrected chi connectivity index (χ0v) is 14.4. The summed E-state index contributed by atoms with van der Waals surface area (Å²) < 4.78 is 30.6. The largest absolute Gasteiger partial charge is 0.469 e. The average molecular weight is 320 g/mol. The molecule has 1 saturated heterocycles. The second-order valence-corrected chi connectivity index (χ2v) is 8.02. The number of esters is 1. The van der Waals surface area contributed by atoms with Crippen LogP contribution in [0, 0.1) is 0 Å². The fraction of sp³-hybridized carbons (Fsp3) is 0.929. The topological polar surface area (TPSA) is 66.9 Å². The lowest BCUT2D eigenvalue weighted by atomic mass is 10.0. The number of ether oxygens (including phenoxy) is 1. The van der Waals surface area contributed by atoms with Crippen molar-refractivity contribution >= 4 is 16.0 Å². The van der Waals surface area contributed by atoms with Crippen LogP contribution in [0.25, 0.3) is 0 Å². The first-order valence-corrected chi connectivity index (χ1v) is 9.15. The SMILES string of the molecule is COC(=O)CCCS(=O)(=O)N(C)C1CCN(C(C)C)CC1. The van der Waals surface area contributed by atoms with Crippen molar-refractivity contribution in [2.45, 2.75) is 51.6 Å². The molecule has 0 aromatic heterocycles. The van der Waals surface area contributed by atoms with Gasteiger partial charge in [0.1, 0.15) is 0 Å². The molecular formula is C14H28N2O4S. The summed E-state index contributed by atoms with van der Waals surface area (Å²) >= 11 is 0. The van der Waals surface area contributed by atoms with Gasteiger partial charge in [0, 0.05) is 25.6 Å². The third-order valence-electron chi connectivity index (χ3n) is 4.19. The lowest BCUT2D eigenvalue weighted by molar-refractivity contribution is -0.140. The monoisotopic (exact) mass is 320 g/mol. The minimum absolute atomic E-state index is 0.00297. The maximum atomic E-state index is 12.3. The molecule has 0 bridgehead atoms. The van der Waals surface area contributed by atoms with Gasteiger partial charge < -0.3 is 9.64 Å². The van der Waals surface area contributed by atoms with Crippen LogP contribution in [-0.2, 0) is 19.6 Å². The number of carbonyl (C=O) groups is 1. The van der Waals surface area contributed by atoms with Gasteiger partial charge in [0.25, 0.3) is 0 Å². The van der Waals surface area contributed by atoms with E-state index in [0.717, 1.165) is 25.9 Å². The summed E-state index contributed by atoms with van der Waals surface area (Å²) in [4.78, 5) is 13.4. The first-order valence-electron chi connectivity index (χ1n) is 7.54. The van der Waals surface area contributed by atoms with Gasteiger partial charge >= 0.3 is 5.97 Å². The van der Waals surface area contributed by atoms with E-state index in [1.54, 1.807) is 7.05 Å². The molecular weight excluding hydrogens is 292 g/mol. The first-order chi connectivity index (χ1) is 9.77. The number of piperidine rings is 1. The molecule has 0 spiro atoms. The van der Waals surface area contributed by atoms with Crippen LogP contribution in [0.1, 0.15) is 39.5 Å². The van der Waals surface area contributed by atoms with Crippen LogP contribution < -0.4 is 0 Å². The number of hydrogen-bond donors (Lipinski definition) is 0. The minimum atomic E-state index is -3.29. The molecule has 0 aromatic carbocycles. The highest BCUT2D eigenvalue weighted by molar-refractivity contribution is 7.89. The molecule has 0 unspecified atom stereocenters. The summed E-state index contributed by atoms with van der Waals surface area (Å²) in [5.74, 6) is -0.360. The van der Waals surface area contributed by atoms with E-state index in [2.05, 4.69) is 23.5 Å². The van der Waals surface area contributed by atoms with Crippen LogP contribution in [0.5, 0.6) is 0 Å². The minimum Gasteiger partial charge on any atom is -0.469 e. The Hall–Kier alpha value is -0.660. The van der Waals surface area contributed by atoms with Crippen molar-refractivity contribution in [1.29, 1.82) is 0 Å². The maximum Gasteiger partial charge on any atom is 0.305 e. The van der Waals surface area contributed by atoms with Gasteiger partial charge in [0.05, 0.1) is 12.9 Å². The summed E-state index contributed by atoms with van der Waals surface area (Å²) in [5.41, 5.74) is 0. The smallest absolute Gasteiger partial charge is 0.305 e. The molecule has 1 fully saturated rings. The molecule has 1 rings (SSSR count). The zero-order chi connectivity index (χ0) is 16.0. The molecule has 0 saturated carbocycles. The molecule has 0 atom stereocenters. The van der Waals surface area contributed by atoms with Gasteiger partial charge in [-0.3, -0.25) is 4.79 Å². The van der Waals surface area contributed by atoms with Crippen molar-refractivity contribution in [3.05, 3.63) is 0 Å². The summed E-state index contributed by atoms with van der Waals surface area (Å²) in [6.45, 7) is 6.19. The zero-order valence-electron chi connectivity index (χ0n) is 13.5. The molecule has 0 N–H and O–H groups in total. The van der Waals surface area contributed by atoms with Crippen molar-refractivity contribution < 1.29 is 17.9 Å². The van der Waals surface area contributed by atoms with Crippen LogP contribution in [0.15, 0.2) is 0 Å². The Bertz CT molecular complexity index is 428. The molecule has 7 heteroatoms. The van der Waals surface area contributed by atoms with Gasteiger partial charge in [-0.05, 0) is 46.2 Å². The van der Waals surface area contributed by atoms with Crippen LogP contribution in [0.4, 0.5) is 0 Å². The Morgan fingerprint density at radius 3 is 2.38 bits per heavy atom. The van der Waals surface area contributed by atoms with Crippen molar-refractivity contribution in [3.8, 4) is 0 Å². The Labute approximate surface area is 128 Å². The molecule has 21 heavy (non-hydrogen) atoms. The molecule has 0 aromatic rings. The molecule has 1 heterocycles. The maximum absolute atomic E-state index is 12.3. The normalized spacial score (nSPS) is 18.4. The number of nitrogens with zero attached hydrogens (tertiary/aromatic N) is 2. The number of hydrogen-bond acceptors (Lipinski definition) is 5. The standard InChI is InChI=1S/C14H28N2O4S/c1-12(2)16-9-7-13(8-10-16)15(3)21(18,19)11-5-6-14(17)20-4/h12-13H,5-11H2,1-4H3. The van der Waals surface area contributed by atoms with Crippen molar-refractivity contribution in [1.82, 2.24) is 9.21 Å². The van der Waals surface area contributed by atoms with E-state index in [1.807, 2.05) is 0 Å². The van der Waals surface area contributed by atoms with Crippen molar-refractivity contribution in [3.63, 3.8) is 0 Å². The quantitative estimate of drug-likeness (QED) is 0.657. The molecule has 0 aliphatic carbocycles. The van der Waals surface area contributed by atoms with E-state index >= 15 is 0 Å². The van der Waals surface area contributed by atoms with Crippen LogP contribution >= 0.6 is 0 Å². The fourth-order valence-electron chi connectivity index (χ4n) is 2.64. The van der Waals surface area contributed by atoms with Gasteiger partial charge in [0.15, 0.2) is 0 Å². The van der Waals surface area contributed by atoms with Crippen LogP contribution in [-0.4, -0.2) is 68.7 Å². The summed E-state index contributed by atoms with van der Waals surface area (Å²) in [5, 5.41) is 0. The predicted octanol–water partition coefficient (Wildman–Crippen LogP) is 1.07. The average Bonchev–Trinajstić information content (AvgIpc) is 2.46. The molecule has 0 radical (unpaired) electrons. The first kappa shape index (κ1) is 18.4. The number of carbonyl (C=O) groups excluding carboxylic acids is 1. The van der Waals surface area contributed by atoms with E-state index < -0.39 is 10.0 Å². The second kappa shape index (κ2) is 8.10. The number of rotatable bonds is 7. The van der Waals surface area contributed by atoms with Gasteiger partial charge in [-0.15, -0.1) is 0 Å². The van der Waals surface area contributed by atoms with E-state index in [0.29, 0.717) is 12.5 Å². The summed E-state index contributed by atoms with van der Waals surface area (Å²) in [6.07, 6.45) is 2.19. The number of methoxy groups -OCH3 is 1. The highest BCUT2D eigenvalue weighted by Crippen LogP contribution is 2.20. The Balaban J connectivity index is 2.46. The number of likely N-dealkylation sites (tertiary alicyclic amines) is 1. The van der Waals surface area contributed by atoms with Crippen molar-refractivity contribution in [2.75, 3.05) is 33.0 Å². The molecule has 124 valence electrons. The van der Waals surface area contributed by atoms with Gasteiger partial charge in [-0.25, -0.2) is 12.7 Å². The van der Waals surface area contributed by atoms with E-state index in [1.165, 1.54) is 11.4 Å². The molecule has 0 amide bonds. The van der Waals surface area contributed by atoms with E-state index in [9.17, 15) is 13.2 Å². The molecule has 1 aliphatic rings. The Morgan fingerprint density at radius 1 is 1.33 bits per heavy atom. The predicted molar refractivity (Wildman–Crippen MR) is 82.5 cm³/mol. The second-order valence-electron chi connectivity index (χ2n) is 5.87. The Kier molecular flexibility index (Phi) is 7.09. The van der Waals surface area contributed by atoms with Gasteiger partial charge in [0.2, 0.25) is 10.0 Å². The van der Waals surface area contributed by atoms with E-state index in [-0.39, 0.29) is 24.2 Å². The molecule has 6 nitrogen and oxygen atoms in total. The van der Waals surface area contributed by atoms with Crippen LogP contribution in [0.3, 0.4) is 0 Å². The third-order valence-corrected chi connectivity index (χ3v) is 6.17. The molecule has 1 aliphatic heterocycles. The number of sulfonamides is 1. The fourth-order valence-corrected chi connectivity index (χ4v) is 4.10. The van der Waals surface area contributed by atoms with Crippen LogP contribution in [0.2, 0.25) is 0 Å². The third kappa shape index (κ3) is 5.56. The highest BCUT2D eigenvalue weighted by Gasteiger charge is 2.30. The van der Waals surface area contributed by atoms with Gasteiger partial charge in [-0.2, -0.15) is 0 Å². The lowest BCUT2D eigenvalue weighted by Gasteiger charge is -2.38. The van der Waals surface area contributed by atoms with E-state index in [4.69, 9.17) is 0 Å². The lowest BCUT2D eigenvalue weighted by Crippen LogP contribution is -2.47. The van der Waals surface area contributed by atoms with Gasteiger partial charge in [-0.1, -0.05) is 0 Å². The van der Waals surface area contributed by atoms with Crippen molar-refractivity contribution in [2.24, 2.45) is 0 Å². The highest BCUT2D eigenvalue weighted by atomic mass is 32.2. The summed E-state index contributed by atoms with van der Waals surface area (Å²) in [6, 6.07) is 0.580. The Morgan fingerprint density at radius 2 is 1.90 bits per heavy atom. The summed E-state index contributed by atoms with van der Waals surface area (Å²) in [7, 11) is -0.328.